The number of hydrogen-bond donors (Lipinski definition) is 2. The van der Waals surface area contributed by atoms with Crippen molar-refractivity contribution in [2.45, 2.75) is 78.9 Å². The van der Waals surface area contributed by atoms with Gasteiger partial charge in [0, 0.05) is 16.6 Å². The fourth-order valence-corrected chi connectivity index (χ4v) is 5.27. The summed E-state index contributed by atoms with van der Waals surface area (Å²) in [6.07, 6.45) is 0. The molecule has 17 heavy (non-hydrogen) atoms. The first-order valence-electron chi connectivity index (χ1n) is 6.06. The molecule has 1 atom stereocenters. The van der Waals surface area contributed by atoms with Crippen molar-refractivity contribution < 1.29 is 4.57 Å². The van der Waals surface area contributed by atoms with E-state index >= 15 is 0 Å². The second-order valence-corrected chi connectivity index (χ2v) is 9.51. The van der Waals surface area contributed by atoms with Crippen LogP contribution < -0.4 is 10.6 Å². The maximum Gasteiger partial charge on any atom is 0.280 e. The highest BCUT2D eigenvalue weighted by Gasteiger charge is 2.43. The Morgan fingerprint density at radius 1 is 0.882 bits per heavy atom. The van der Waals surface area contributed by atoms with Gasteiger partial charge in [-0.3, -0.25) is 10.1 Å². The van der Waals surface area contributed by atoms with Crippen molar-refractivity contribution in [2.75, 3.05) is 0 Å². The third-order valence-corrected chi connectivity index (χ3v) is 4.85. The molecular weight excluding hydrogens is 233 g/mol. The lowest BCUT2D eigenvalue weighted by Crippen LogP contribution is -2.55. The van der Waals surface area contributed by atoms with Gasteiger partial charge in [-0.15, -0.1) is 0 Å². The number of nitrogens with two attached hydrogens (primary N) is 1. The summed E-state index contributed by atoms with van der Waals surface area (Å²) in [4.78, 5) is 0. The van der Waals surface area contributed by atoms with Gasteiger partial charge < -0.3 is 0 Å². The number of nitrogens with zero attached hydrogens (tertiary/aromatic N) is 1. The van der Waals surface area contributed by atoms with Crippen molar-refractivity contribution in [1.82, 2.24) is 9.76 Å². The molecule has 0 aliphatic rings. The van der Waals surface area contributed by atoms with Crippen LogP contribution in [-0.2, 0) is 4.57 Å². The van der Waals surface area contributed by atoms with E-state index in [1.807, 2.05) is 67.0 Å². The zero-order valence-corrected chi connectivity index (χ0v) is 13.8. The molecule has 3 N–H and O–H groups in total. The lowest BCUT2D eigenvalue weighted by molar-refractivity contribution is 0.132. The Morgan fingerprint density at radius 2 is 1.18 bits per heavy atom. The van der Waals surface area contributed by atoms with Gasteiger partial charge in [0.2, 0.25) is 0 Å². The topological polar surface area (TPSA) is 58.4 Å². The van der Waals surface area contributed by atoms with Gasteiger partial charge in [-0.2, -0.15) is 0 Å². The average molecular weight is 263 g/mol. The van der Waals surface area contributed by atoms with Crippen LogP contribution in [0.1, 0.15) is 62.3 Å². The molecule has 0 bridgehead atoms. The Bertz CT molecular complexity index is 293. The highest BCUT2D eigenvalue weighted by Crippen LogP contribution is 2.49. The summed E-state index contributed by atoms with van der Waals surface area (Å²) in [5.74, 6) is 0. The summed E-state index contributed by atoms with van der Waals surface area (Å²) in [5.41, 5.74) is 5.28. The van der Waals surface area contributed by atoms with E-state index in [2.05, 4.69) is 5.09 Å². The summed E-state index contributed by atoms with van der Waals surface area (Å²) in [6, 6.07) is 0. The molecule has 0 aliphatic heterocycles. The molecule has 1 unspecified atom stereocenters. The minimum atomic E-state index is -3.08. The van der Waals surface area contributed by atoms with Gasteiger partial charge in [-0.05, 0) is 62.3 Å². The largest absolute Gasteiger partial charge is 0.280 e. The molecular formula is C12H30N3OP. The highest BCUT2D eigenvalue weighted by atomic mass is 31.2. The van der Waals surface area contributed by atoms with E-state index in [4.69, 9.17) is 5.50 Å². The molecule has 104 valence electrons. The van der Waals surface area contributed by atoms with Crippen molar-refractivity contribution in [3.63, 3.8) is 0 Å². The van der Waals surface area contributed by atoms with E-state index in [0.29, 0.717) is 0 Å². The molecule has 0 radical (unpaired) electrons. The number of rotatable bonds is 2. The zero-order chi connectivity index (χ0) is 14.3. The molecule has 0 rings (SSSR count). The monoisotopic (exact) mass is 263 g/mol. The third kappa shape index (κ3) is 5.52. The van der Waals surface area contributed by atoms with Gasteiger partial charge in [0.1, 0.15) is 0 Å². The van der Waals surface area contributed by atoms with Crippen molar-refractivity contribution in [2.24, 2.45) is 5.50 Å². The van der Waals surface area contributed by atoms with Crippen LogP contribution in [0.25, 0.3) is 0 Å². The molecule has 0 fully saturated rings. The molecule has 5 heteroatoms. The van der Waals surface area contributed by atoms with Crippen molar-refractivity contribution >= 4 is 7.59 Å². The van der Waals surface area contributed by atoms with Crippen LogP contribution in [-0.4, -0.2) is 21.3 Å². The first-order valence-corrected chi connectivity index (χ1v) is 7.79. The molecule has 0 spiro atoms. The Hall–Kier alpha value is 0.110. The van der Waals surface area contributed by atoms with E-state index < -0.39 is 7.59 Å². The van der Waals surface area contributed by atoms with Crippen LogP contribution in [0.2, 0.25) is 0 Å². The maximum absolute atomic E-state index is 12.8. The van der Waals surface area contributed by atoms with E-state index in [0.717, 1.165) is 0 Å². The number of nitrogens with one attached hydrogen (secondary N) is 1. The van der Waals surface area contributed by atoms with Crippen molar-refractivity contribution in [1.29, 1.82) is 0 Å². The van der Waals surface area contributed by atoms with Crippen LogP contribution in [0.3, 0.4) is 0 Å². The Balaban J connectivity index is 5.43. The highest BCUT2D eigenvalue weighted by molar-refractivity contribution is 7.57. The van der Waals surface area contributed by atoms with Gasteiger partial charge in [0.15, 0.2) is 0 Å². The molecule has 0 aliphatic carbocycles. The zero-order valence-electron chi connectivity index (χ0n) is 12.9. The summed E-state index contributed by atoms with van der Waals surface area (Å²) >= 11 is 0. The van der Waals surface area contributed by atoms with Crippen LogP contribution in [0.4, 0.5) is 0 Å². The van der Waals surface area contributed by atoms with E-state index in [9.17, 15) is 4.57 Å². The molecule has 0 aromatic rings. The maximum atomic E-state index is 12.8. The average Bonchev–Trinajstić information content (AvgIpc) is 1.66. The minimum Gasteiger partial charge on any atom is -0.271 e. The first-order chi connectivity index (χ1) is 7.07. The van der Waals surface area contributed by atoms with Crippen molar-refractivity contribution in [3.8, 4) is 0 Å². The molecule has 0 amide bonds. The summed E-state index contributed by atoms with van der Waals surface area (Å²) < 4.78 is 14.7. The van der Waals surface area contributed by atoms with E-state index in [-0.39, 0.29) is 16.6 Å². The fraction of sp³-hybridized carbons (Fsp3) is 1.00. The third-order valence-electron chi connectivity index (χ3n) is 2.06. The standard InChI is InChI=1S/C12H30N3OP/c1-10(2,3)14-17(13,16)15(11(4,5)6)12(7,8)9/h1-9H3,(H3,13,14,16). The SMILES string of the molecule is CC(C)(C)NP(N)(=O)N(C(C)(C)C)C(C)(C)C. The second kappa shape index (κ2) is 4.65. The summed E-state index contributed by atoms with van der Waals surface area (Å²) in [5, 5.41) is 3.07. The van der Waals surface area contributed by atoms with E-state index in [1.54, 1.807) is 0 Å². The second-order valence-electron chi connectivity index (χ2n) is 7.64. The van der Waals surface area contributed by atoms with Gasteiger partial charge in [0.05, 0.1) is 0 Å². The van der Waals surface area contributed by atoms with Crippen LogP contribution >= 0.6 is 7.59 Å². The quantitative estimate of drug-likeness (QED) is 0.750. The van der Waals surface area contributed by atoms with Gasteiger partial charge in [0.25, 0.3) is 7.59 Å². The van der Waals surface area contributed by atoms with Gasteiger partial charge >= 0.3 is 0 Å². The molecule has 0 saturated carbocycles. The fourth-order valence-electron chi connectivity index (χ4n) is 2.43. The normalized spacial score (nSPS) is 18.3. The summed E-state index contributed by atoms with van der Waals surface area (Å²) in [6.45, 7) is 18.1. The molecule has 4 nitrogen and oxygen atoms in total. The smallest absolute Gasteiger partial charge is 0.271 e. The lowest BCUT2D eigenvalue weighted by Gasteiger charge is -2.49. The first kappa shape index (κ1) is 17.1. The van der Waals surface area contributed by atoms with Crippen molar-refractivity contribution in [3.05, 3.63) is 0 Å². The number of hydrogen-bond acceptors (Lipinski definition) is 1. The Morgan fingerprint density at radius 3 is 1.35 bits per heavy atom. The lowest BCUT2D eigenvalue weighted by atomic mass is 10.0. The Kier molecular flexibility index (Phi) is 4.68. The molecule has 0 heterocycles. The van der Waals surface area contributed by atoms with Gasteiger partial charge in [-0.1, -0.05) is 0 Å². The summed E-state index contributed by atoms with van der Waals surface area (Å²) in [7, 11) is -3.08. The van der Waals surface area contributed by atoms with Crippen LogP contribution in [0, 0.1) is 0 Å². The van der Waals surface area contributed by atoms with E-state index in [1.165, 1.54) is 0 Å². The predicted molar refractivity (Wildman–Crippen MR) is 76.0 cm³/mol. The predicted octanol–water partition coefficient (Wildman–Crippen LogP) is 3.34. The molecule has 0 saturated heterocycles. The molecule has 0 aromatic carbocycles. The Labute approximate surface area is 107 Å². The molecule has 0 aromatic heterocycles. The minimum absolute atomic E-state index is 0.263. The van der Waals surface area contributed by atoms with Crippen LogP contribution in [0.5, 0.6) is 0 Å². The van der Waals surface area contributed by atoms with Crippen LogP contribution in [0.15, 0.2) is 0 Å². The van der Waals surface area contributed by atoms with Gasteiger partial charge in [-0.25, -0.2) is 9.76 Å².